The highest BCUT2D eigenvalue weighted by atomic mass is 14.9. The fraction of sp³-hybridized carbons (Fsp3) is 0.545. The van der Waals surface area contributed by atoms with Crippen molar-refractivity contribution in [3.8, 4) is 6.07 Å². The predicted molar refractivity (Wildman–Crippen MR) is 56.9 cm³/mol. The molecule has 76 valence electrons. The second-order valence-electron chi connectivity index (χ2n) is 4.22. The number of nitriles is 1. The summed E-state index contributed by atoms with van der Waals surface area (Å²) in [6, 6.07) is 4.14. The van der Waals surface area contributed by atoms with Crippen LogP contribution in [0.4, 0.5) is 0 Å². The van der Waals surface area contributed by atoms with Gasteiger partial charge in [0.2, 0.25) is 0 Å². The standard InChI is InChI=1S/C11H17N3/c1-9(6-12)14-8-11(2,3)10-4-5-13-7-10/h4-5,7,9,13-14H,8H2,1-3H3. The van der Waals surface area contributed by atoms with E-state index in [-0.39, 0.29) is 11.5 Å². The maximum atomic E-state index is 8.64. The molecule has 0 bridgehead atoms. The first-order valence-corrected chi connectivity index (χ1v) is 4.82. The Kier molecular flexibility index (Phi) is 3.32. The van der Waals surface area contributed by atoms with Gasteiger partial charge < -0.3 is 10.3 Å². The lowest BCUT2D eigenvalue weighted by atomic mass is 9.86. The molecule has 1 heterocycles. The molecule has 0 saturated heterocycles. The lowest BCUT2D eigenvalue weighted by Crippen LogP contribution is -2.37. The number of hydrogen-bond donors (Lipinski definition) is 2. The number of nitrogens with zero attached hydrogens (tertiary/aromatic N) is 1. The van der Waals surface area contributed by atoms with Crippen molar-refractivity contribution >= 4 is 0 Å². The molecule has 0 aliphatic rings. The maximum absolute atomic E-state index is 8.64. The van der Waals surface area contributed by atoms with Crippen molar-refractivity contribution in [3.63, 3.8) is 0 Å². The number of H-pyrrole nitrogens is 1. The molecule has 1 rings (SSSR count). The predicted octanol–water partition coefficient (Wildman–Crippen LogP) is 1.79. The van der Waals surface area contributed by atoms with Crippen molar-refractivity contribution in [1.29, 1.82) is 5.26 Å². The highest BCUT2D eigenvalue weighted by molar-refractivity contribution is 5.20. The third-order valence-corrected chi connectivity index (χ3v) is 2.42. The molecule has 0 aromatic carbocycles. The summed E-state index contributed by atoms with van der Waals surface area (Å²) in [7, 11) is 0. The molecule has 0 fully saturated rings. The molecule has 0 aliphatic heterocycles. The summed E-state index contributed by atoms with van der Waals surface area (Å²) in [6.07, 6.45) is 3.92. The van der Waals surface area contributed by atoms with E-state index in [1.165, 1.54) is 5.56 Å². The molecule has 3 nitrogen and oxygen atoms in total. The van der Waals surface area contributed by atoms with Crippen LogP contribution in [0, 0.1) is 11.3 Å². The third kappa shape index (κ3) is 2.61. The van der Waals surface area contributed by atoms with Gasteiger partial charge in [0.05, 0.1) is 12.1 Å². The zero-order chi connectivity index (χ0) is 10.6. The van der Waals surface area contributed by atoms with Gasteiger partial charge in [0, 0.05) is 24.4 Å². The first-order chi connectivity index (χ1) is 6.56. The molecular weight excluding hydrogens is 174 g/mol. The topological polar surface area (TPSA) is 51.6 Å². The minimum atomic E-state index is -0.0896. The van der Waals surface area contributed by atoms with E-state index in [1.54, 1.807) is 0 Å². The Morgan fingerprint density at radius 3 is 2.86 bits per heavy atom. The molecule has 0 radical (unpaired) electrons. The minimum absolute atomic E-state index is 0.0606. The summed E-state index contributed by atoms with van der Waals surface area (Å²) in [5, 5.41) is 11.8. The van der Waals surface area contributed by atoms with E-state index in [2.05, 4.69) is 36.3 Å². The van der Waals surface area contributed by atoms with Crippen LogP contribution >= 0.6 is 0 Å². The molecule has 1 aromatic heterocycles. The first-order valence-electron chi connectivity index (χ1n) is 4.82. The second kappa shape index (κ2) is 4.30. The highest BCUT2D eigenvalue weighted by Crippen LogP contribution is 2.21. The minimum Gasteiger partial charge on any atom is -0.367 e. The van der Waals surface area contributed by atoms with Crippen LogP contribution in [0.2, 0.25) is 0 Å². The Bertz CT molecular complexity index is 306. The molecule has 0 amide bonds. The number of aromatic amines is 1. The van der Waals surface area contributed by atoms with Gasteiger partial charge in [-0.05, 0) is 18.6 Å². The van der Waals surface area contributed by atoms with E-state index in [9.17, 15) is 0 Å². The highest BCUT2D eigenvalue weighted by Gasteiger charge is 2.21. The van der Waals surface area contributed by atoms with Crippen molar-refractivity contribution in [2.45, 2.75) is 32.2 Å². The lowest BCUT2D eigenvalue weighted by Gasteiger charge is -2.24. The van der Waals surface area contributed by atoms with Gasteiger partial charge in [-0.2, -0.15) is 5.26 Å². The van der Waals surface area contributed by atoms with E-state index in [0.29, 0.717) is 0 Å². The molecule has 0 saturated carbocycles. The van der Waals surface area contributed by atoms with Crippen molar-refractivity contribution in [3.05, 3.63) is 24.0 Å². The van der Waals surface area contributed by atoms with Gasteiger partial charge in [-0.1, -0.05) is 13.8 Å². The van der Waals surface area contributed by atoms with E-state index in [0.717, 1.165) is 6.54 Å². The molecular formula is C11H17N3. The van der Waals surface area contributed by atoms with Gasteiger partial charge >= 0.3 is 0 Å². The maximum Gasteiger partial charge on any atom is 0.0924 e. The van der Waals surface area contributed by atoms with E-state index in [1.807, 2.05) is 19.3 Å². The molecule has 3 heteroatoms. The van der Waals surface area contributed by atoms with Gasteiger partial charge in [-0.15, -0.1) is 0 Å². The average molecular weight is 191 g/mol. The molecule has 1 unspecified atom stereocenters. The zero-order valence-corrected chi connectivity index (χ0v) is 8.96. The Balaban J connectivity index is 2.56. The number of nitrogens with one attached hydrogen (secondary N) is 2. The van der Waals surface area contributed by atoms with E-state index in [4.69, 9.17) is 5.26 Å². The van der Waals surface area contributed by atoms with Crippen LogP contribution in [0.5, 0.6) is 0 Å². The zero-order valence-electron chi connectivity index (χ0n) is 8.96. The number of aromatic nitrogens is 1. The van der Waals surface area contributed by atoms with Crippen LogP contribution in [0.25, 0.3) is 0 Å². The summed E-state index contributed by atoms with van der Waals surface area (Å²) in [6.45, 7) is 6.99. The van der Waals surface area contributed by atoms with Crippen LogP contribution in [0.15, 0.2) is 18.5 Å². The van der Waals surface area contributed by atoms with Crippen molar-refractivity contribution < 1.29 is 0 Å². The van der Waals surface area contributed by atoms with Crippen LogP contribution in [-0.4, -0.2) is 17.6 Å². The van der Waals surface area contributed by atoms with Gasteiger partial charge in [0.15, 0.2) is 0 Å². The number of hydrogen-bond acceptors (Lipinski definition) is 2. The van der Waals surface area contributed by atoms with Crippen molar-refractivity contribution in [2.24, 2.45) is 0 Å². The van der Waals surface area contributed by atoms with E-state index >= 15 is 0 Å². The SMILES string of the molecule is CC(C#N)NCC(C)(C)c1cc[nH]c1. The summed E-state index contributed by atoms with van der Waals surface area (Å²) >= 11 is 0. The lowest BCUT2D eigenvalue weighted by molar-refractivity contribution is 0.457. The van der Waals surface area contributed by atoms with Crippen LogP contribution in [0.3, 0.4) is 0 Å². The van der Waals surface area contributed by atoms with Crippen LogP contribution in [0.1, 0.15) is 26.3 Å². The summed E-state index contributed by atoms with van der Waals surface area (Å²) < 4.78 is 0. The molecule has 0 aliphatic carbocycles. The molecule has 14 heavy (non-hydrogen) atoms. The number of rotatable bonds is 4. The Morgan fingerprint density at radius 1 is 1.64 bits per heavy atom. The van der Waals surface area contributed by atoms with Crippen molar-refractivity contribution in [2.75, 3.05) is 6.54 Å². The fourth-order valence-electron chi connectivity index (χ4n) is 1.30. The fourth-order valence-corrected chi connectivity index (χ4v) is 1.30. The molecule has 2 N–H and O–H groups in total. The van der Waals surface area contributed by atoms with Crippen LogP contribution < -0.4 is 5.32 Å². The van der Waals surface area contributed by atoms with E-state index < -0.39 is 0 Å². The van der Waals surface area contributed by atoms with Gasteiger partial charge in [-0.25, -0.2) is 0 Å². The summed E-state index contributed by atoms with van der Waals surface area (Å²) in [4.78, 5) is 3.04. The van der Waals surface area contributed by atoms with Gasteiger partial charge in [-0.3, -0.25) is 0 Å². The largest absolute Gasteiger partial charge is 0.367 e. The normalized spacial score (nSPS) is 13.6. The quantitative estimate of drug-likeness (QED) is 0.762. The molecule has 1 atom stereocenters. The average Bonchev–Trinajstić information content (AvgIpc) is 2.67. The molecule has 0 spiro atoms. The van der Waals surface area contributed by atoms with Gasteiger partial charge in [0.25, 0.3) is 0 Å². The second-order valence-corrected chi connectivity index (χ2v) is 4.22. The molecule has 1 aromatic rings. The monoisotopic (exact) mass is 191 g/mol. The Labute approximate surface area is 85.1 Å². The van der Waals surface area contributed by atoms with Crippen molar-refractivity contribution in [1.82, 2.24) is 10.3 Å². The first kappa shape index (κ1) is 10.8. The van der Waals surface area contributed by atoms with Gasteiger partial charge in [0.1, 0.15) is 0 Å². The third-order valence-electron chi connectivity index (χ3n) is 2.42. The Morgan fingerprint density at radius 2 is 2.36 bits per heavy atom. The summed E-state index contributed by atoms with van der Waals surface area (Å²) in [5.41, 5.74) is 1.32. The summed E-state index contributed by atoms with van der Waals surface area (Å²) in [5.74, 6) is 0. The Hall–Kier alpha value is -1.27. The van der Waals surface area contributed by atoms with Crippen LogP contribution in [-0.2, 0) is 5.41 Å². The smallest absolute Gasteiger partial charge is 0.0924 e.